The molecule has 0 bridgehead atoms. The number of aliphatic hydroxyl groups excluding tert-OH is 1. The summed E-state index contributed by atoms with van der Waals surface area (Å²) in [5.74, 6) is 7.26. The highest BCUT2D eigenvalue weighted by Crippen LogP contribution is 2.24. The number of ether oxygens (including phenoxy) is 1. The van der Waals surface area contributed by atoms with Crippen molar-refractivity contribution < 1.29 is 9.84 Å². The fourth-order valence-corrected chi connectivity index (χ4v) is 3.24. The summed E-state index contributed by atoms with van der Waals surface area (Å²) < 4.78 is 5.62. The van der Waals surface area contributed by atoms with Gasteiger partial charge in [0.2, 0.25) is 0 Å². The lowest BCUT2D eigenvalue weighted by atomic mass is 9.97. The standard InChI is InChI=1S/C20H25NO2S/c1-16-14-18(24-19(16)11-12-20(2,21)15-22)10-6-7-13-23-17-8-4-3-5-9-17/h3-5,8-9,14,22H,7,11-13,15,21H2,1-2H3. The second-order valence-electron chi connectivity index (χ2n) is 6.24. The summed E-state index contributed by atoms with van der Waals surface area (Å²) in [7, 11) is 0. The number of aryl methyl sites for hydroxylation is 2. The fourth-order valence-electron chi connectivity index (χ4n) is 2.19. The number of rotatable bonds is 7. The summed E-state index contributed by atoms with van der Waals surface area (Å²) in [6, 6.07) is 11.9. The molecular formula is C20H25NO2S. The van der Waals surface area contributed by atoms with Gasteiger partial charge in [0.15, 0.2) is 0 Å². The molecule has 128 valence electrons. The topological polar surface area (TPSA) is 55.5 Å². The van der Waals surface area contributed by atoms with E-state index in [9.17, 15) is 5.11 Å². The van der Waals surface area contributed by atoms with Crippen LogP contribution in [-0.2, 0) is 6.42 Å². The molecule has 1 atom stereocenters. The second-order valence-corrected chi connectivity index (χ2v) is 7.38. The molecule has 1 heterocycles. The first-order valence-corrected chi connectivity index (χ1v) is 8.97. The van der Waals surface area contributed by atoms with Crippen LogP contribution in [0.5, 0.6) is 5.75 Å². The molecule has 0 saturated heterocycles. The Hall–Kier alpha value is -1.80. The number of thiophene rings is 1. The van der Waals surface area contributed by atoms with Gasteiger partial charge in [-0.3, -0.25) is 0 Å². The number of hydrogen-bond donors (Lipinski definition) is 2. The summed E-state index contributed by atoms with van der Waals surface area (Å²) in [6.07, 6.45) is 2.35. The largest absolute Gasteiger partial charge is 0.493 e. The molecule has 2 aromatic rings. The van der Waals surface area contributed by atoms with Crippen molar-refractivity contribution in [2.45, 2.75) is 38.6 Å². The van der Waals surface area contributed by atoms with E-state index in [1.165, 1.54) is 10.4 Å². The zero-order chi connectivity index (χ0) is 17.4. The average Bonchev–Trinajstić information content (AvgIpc) is 2.94. The number of benzene rings is 1. The third-order valence-corrected chi connectivity index (χ3v) is 4.97. The summed E-state index contributed by atoms with van der Waals surface area (Å²) in [5.41, 5.74) is 6.73. The van der Waals surface area contributed by atoms with E-state index < -0.39 is 5.54 Å². The van der Waals surface area contributed by atoms with Crippen molar-refractivity contribution >= 4 is 11.3 Å². The van der Waals surface area contributed by atoms with Crippen LogP contribution in [0, 0.1) is 18.8 Å². The van der Waals surface area contributed by atoms with Gasteiger partial charge in [-0.15, -0.1) is 11.3 Å². The van der Waals surface area contributed by atoms with Gasteiger partial charge in [-0.25, -0.2) is 0 Å². The first-order chi connectivity index (χ1) is 11.5. The molecule has 0 fully saturated rings. The summed E-state index contributed by atoms with van der Waals surface area (Å²) in [5, 5.41) is 9.24. The van der Waals surface area contributed by atoms with Gasteiger partial charge < -0.3 is 15.6 Å². The molecule has 4 heteroatoms. The van der Waals surface area contributed by atoms with Gasteiger partial charge in [0.25, 0.3) is 0 Å². The molecule has 0 aliphatic rings. The molecule has 2 rings (SSSR count). The monoisotopic (exact) mass is 343 g/mol. The van der Waals surface area contributed by atoms with Crippen molar-refractivity contribution in [1.82, 2.24) is 0 Å². The van der Waals surface area contributed by atoms with E-state index in [-0.39, 0.29) is 6.61 Å². The van der Waals surface area contributed by atoms with Crippen LogP contribution in [-0.4, -0.2) is 23.9 Å². The number of hydrogen-bond acceptors (Lipinski definition) is 4. The summed E-state index contributed by atoms with van der Waals surface area (Å²) in [4.78, 5) is 2.37. The molecular weight excluding hydrogens is 318 g/mol. The predicted octanol–water partition coefficient (Wildman–Crippen LogP) is 3.52. The Kier molecular flexibility index (Phi) is 6.86. The van der Waals surface area contributed by atoms with Gasteiger partial charge in [0.05, 0.1) is 18.1 Å². The van der Waals surface area contributed by atoms with E-state index in [2.05, 4.69) is 24.8 Å². The summed E-state index contributed by atoms with van der Waals surface area (Å²) in [6.45, 7) is 4.58. The van der Waals surface area contributed by atoms with E-state index in [1.54, 1.807) is 11.3 Å². The third-order valence-electron chi connectivity index (χ3n) is 3.76. The number of para-hydroxylation sites is 1. The molecule has 0 spiro atoms. The minimum Gasteiger partial charge on any atom is -0.493 e. The van der Waals surface area contributed by atoms with Gasteiger partial charge in [0, 0.05) is 16.8 Å². The lowest BCUT2D eigenvalue weighted by molar-refractivity contribution is 0.201. The normalized spacial score (nSPS) is 13.0. The van der Waals surface area contributed by atoms with E-state index >= 15 is 0 Å². The molecule has 3 N–H and O–H groups in total. The Balaban J connectivity index is 1.82. The first kappa shape index (κ1) is 18.5. The average molecular weight is 343 g/mol. The molecule has 24 heavy (non-hydrogen) atoms. The van der Waals surface area contributed by atoms with Crippen LogP contribution in [0.3, 0.4) is 0 Å². The van der Waals surface area contributed by atoms with Gasteiger partial charge in [-0.05, 0) is 50.5 Å². The van der Waals surface area contributed by atoms with Crippen LogP contribution in [0.1, 0.15) is 35.1 Å². The molecule has 0 saturated carbocycles. The van der Waals surface area contributed by atoms with Gasteiger partial charge in [-0.1, -0.05) is 30.0 Å². The lowest BCUT2D eigenvalue weighted by Gasteiger charge is -2.21. The van der Waals surface area contributed by atoms with Crippen LogP contribution < -0.4 is 10.5 Å². The Morgan fingerprint density at radius 2 is 2.04 bits per heavy atom. The van der Waals surface area contributed by atoms with Crippen LogP contribution in [0.4, 0.5) is 0 Å². The lowest BCUT2D eigenvalue weighted by Crippen LogP contribution is -2.40. The van der Waals surface area contributed by atoms with E-state index in [0.29, 0.717) is 13.0 Å². The van der Waals surface area contributed by atoms with Crippen molar-refractivity contribution in [3.63, 3.8) is 0 Å². The van der Waals surface area contributed by atoms with Crippen molar-refractivity contribution in [2.75, 3.05) is 13.2 Å². The molecule has 0 aliphatic heterocycles. The van der Waals surface area contributed by atoms with Crippen LogP contribution in [0.2, 0.25) is 0 Å². The zero-order valence-electron chi connectivity index (χ0n) is 14.3. The van der Waals surface area contributed by atoms with Gasteiger partial charge in [0.1, 0.15) is 5.75 Å². The minimum absolute atomic E-state index is 0.00546. The van der Waals surface area contributed by atoms with Crippen molar-refractivity contribution in [3.05, 3.63) is 51.7 Å². The van der Waals surface area contributed by atoms with Crippen molar-refractivity contribution in [1.29, 1.82) is 0 Å². The van der Waals surface area contributed by atoms with E-state index in [4.69, 9.17) is 10.5 Å². The first-order valence-electron chi connectivity index (χ1n) is 8.16. The molecule has 0 radical (unpaired) electrons. The van der Waals surface area contributed by atoms with Crippen LogP contribution in [0.15, 0.2) is 36.4 Å². The second kappa shape index (κ2) is 8.89. The minimum atomic E-state index is -0.517. The maximum Gasteiger partial charge on any atom is 0.119 e. The quantitative estimate of drug-likeness (QED) is 0.597. The zero-order valence-corrected chi connectivity index (χ0v) is 15.2. The SMILES string of the molecule is Cc1cc(C#CCCOc2ccccc2)sc1CCC(C)(N)CO. The van der Waals surface area contributed by atoms with E-state index in [1.807, 2.05) is 37.3 Å². The van der Waals surface area contributed by atoms with Crippen LogP contribution >= 0.6 is 11.3 Å². The predicted molar refractivity (Wildman–Crippen MR) is 100 cm³/mol. The molecule has 3 nitrogen and oxygen atoms in total. The number of nitrogens with two attached hydrogens (primary N) is 1. The summed E-state index contributed by atoms with van der Waals surface area (Å²) >= 11 is 1.71. The highest BCUT2D eigenvalue weighted by molar-refractivity contribution is 7.12. The molecule has 0 aliphatic carbocycles. The third kappa shape index (κ3) is 6.01. The maximum atomic E-state index is 9.24. The molecule has 1 aromatic heterocycles. The van der Waals surface area contributed by atoms with Crippen molar-refractivity contribution in [2.24, 2.45) is 5.73 Å². The molecule has 0 amide bonds. The Labute approximate surface area is 148 Å². The van der Waals surface area contributed by atoms with Crippen molar-refractivity contribution in [3.8, 4) is 17.6 Å². The molecule has 1 unspecified atom stereocenters. The van der Waals surface area contributed by atoms with Gasteiger partial charge in [-0.2, -0.15) is 0 Å². The molecule has 1 aromatic carbocycles. The highest BCUT2D eigenvalue weighted by atomic mass is 32.1. The fraction of sp³-hybridized carbons (Fsp3) is 0.400. The Morgan fingerprint density at radius 1 is 1.29 bits per heavy atom. The van der Waals surface area contributed by atoms with Crippen LogP contribution in [0.25, 0.3) is 0 Å². The maximum absolute atomic E-state index is 9.24. The Morgan fingerprint density at radius 3 is 2.75 bits per heavy atom. The highest BCUT2D eigenvalue weighted by Gasteiger charge is 2.17. The smallest absolute Gasteiger partial charge is 0.119 e. The Bertz CT molecular complexity index is 695. The van der Waals surface area contributed by atoms with Gasteiger partial charge >= 0.3 is 0 Å². The van der Waals surface area contributed by atoms with E-state index in [0.717, 1.165) is 23.5 Å². The number of aliphatic hydroxyl groups is 1.